The van der Waals surface area contributed by atoms with E-state index in [9.17, 15) is 13.2 Å². The van der Waals surface area contributed by atoms with E-state index in [2.05, 4.69) is 10.1 Å². The highest BCUT2D eigenvalue weighted by Crippen LogP contribution is 2.25. The van der Waals surface area contributed by atoms with E-state index in [1.807, 2.05) is 0 Å². The van der Waals surface area contributed by atoms with Gasteiger partial charge in [-0.2, -0.15) is 5.10 Å². The number of carboxylic acid groups (broad SMARTS) is 1. The van der Waals surface area contributed by atoms with Crippen LogP contribution in [-0.2, 0) is 14.6 Å². The number of aliphatic carboxylic acids is 1. The fourth-order valence-electron chi connectivity index (χ4n) is 2.60. The number of rotatable bonds is 3. The average Bonchev–Trinajstić information content (AvgIpc) is 2.85. The minimum absolute atomic E-state index is 0.00000945. The second kappa shape index (κ2) is 4.99. The van der Waals surface area contributed by atoms with Gasteiger partial charge >= 0.3 is 5.97 Å². The number of aromatic nitrogens is 3. The van der Waals surface area contributed by atoms with Gasteiger partial charge in [-0.25, -0.2) is 17.9 Å². The van der Waals surface area contributed by atoms with Crippen LogP contribution in [0.3, 0.4) is 0 Å². The normalized spacial score (nSPS) is 21.5. The highest BCUT2D eigenvalue weighted by atomic mass is 32.2. The molecule has 1 atom stereocenters. The lowest BCUT2D eigenvalue weighted by molar-refractivity contribution is -0.137. The maximum atomic E-state index is 11.8. The summed E-state index contributed by atoms with van der Waals surface area (Å²) in [6, 6.07) is 1.15. The van der Waals surface area contributed by atoms with Gasteiger partial charge in [0.25, 0.3) is 0 Å². The third-order valence-electron chi connectivity index (χ3n) is 3.52. The summed E-state index contributed by atoms with van der Waals surface area (Å²) in [5, 5.41) is 13.1. The summed E-state index contributed by atoms with van der Waals surface area (Å²) in [4.78, 5) is 17.1. The number of carbonyl (C=O) groups is 1. The van der Waals surface area contributed by atoms with E-state index in [0.29, 0.717) is 5.82 Å². The fourth-order valence-corrected chi connectivity index (χ4v) is 4.13. The Bertz CT molecular complexity index is 785. The molecule has 2 aromatic rings. The molecule has 0 aliphatic carbocycles. The number of carboxylic acids is 1. The second-order valence-electron chi connectivity index (χ2n) is 4.97. The molecule has 3 rings (SSSR count). The maximum Gasteiger partial charge on any atom is 0.305 e. The van der Waals surface area contributed by atoms with E-state index in [1.54, 1.807) is 34.1 Å². The van der Waals surface area contributed by atoms with Gasteiger partial charge < -0.3 is 10.0 Å². The molecule has 0 spiro atoms. The SMILES string of the molecule is O=C(O)CC1CS(=O)(=O)CCN1c1nccn2nccc12. The second-order valence-corrected chi connectivity index (χ2v) is 7.20. The van der Waals surface area contributed by atoms with Crippen molar-refractivity contribution < 1.29 is 18.3 Å². The zero-order valence-corrected chi connectivity index (χ0v) is 11.9. The lowest BCUT2D eigenvalue weighted by atomic mass is 10.2. The van der Waals surface area contributed by atoms with Gasteiger partial charge in [0.15, 0.2) is 15.7 Å². The van der Waals surface area contributed by atoms with Crippen molar-refractivity contribution in [2.45, 2.75) is 12.5 Å². The molecular weight excluding hydrogens is 296 g/mol. The van der Waals surface area contributed by atoms with Crippen LogP contribution in [0, 0.1) is 0 Å². The van der Waals surface area contributed by atoms with Crippen molar-refractivity contribution in [1.82, 2.24) is 14.6 Å². The van der Waals surface area contributed by atoms with E-state index in [0.717, 1.165) is 5.52 Å². The molecule has 112 valence electrons. The number of hydrogen-bond donors (Lipinski definition) is 1. The van der Waals surface area contributed by atoms with Crippen molar-refractivity contribution in [3.63, 3.8) is 0 Å². The van der Waals surface area contributed by atoms with E-state index in [1.165, 1.54) is 0 Å². The quantitative estimate of drug-likeness (QED) is 0.837. The van der Waals surface area contributed by atoms with Gasteiger partial charge in [0.2, 0.25) is 0 Å². The lowest BCUT2D eigenvalue weighted by Gasteiger charge is -2.35. The molecule has 1 unspecified atom stereocenters. The molecule has 1 aliphatic heterocycles. The van der Waals surface area contributed by atoms with Gasteiger partial charge in [0.05, 0.1) is 30.2 Å². The summed E-state index contributed by atoms with van der Waals surface area (Å²) in [5.74, 6) is -0.630. The molecule has 1 fully saturated rings. The van der Waals surface area contributed by atoms with Gasteiger partial charge in [0, 0.05) is 18.9 Å². The van der Waals surface area contributed by atoms with Crippen molar-refractivity contribution >= 4 is 27.1 Å². The average molecular weight is 310 g/mol. The number of anilines is 1. The maximum absolute atomic E-state index is 11.8. The highest BCUT2D eigenvalue weighted by Gasteiger charge is 2.34. The van der Waals surface area contributed by atoms with Crippen LogP contribution in [0.4, 0.5) is 5.82 Å². The van der Waals surface area contributed by atoms with Crippen LogP contribution < -0.4 is 4.90 Å². The van der Waals surface area contributed by atoms with Crippen LogP contribution in [0.5, 0.6) is 0 Å². The largest absolute Gasteiger partial charge is 0.481 e. The van der Waals surface area contributed by atoms with Crippen LogP contribution in [0.15, 0.2) is 24.7 Å². The Kier molecular flexibility index (Phi) is 3.28. The van der Waals surface area contributed by atoms with Crippen LogP contribution in [-0.4, -0.2) is 58.2 Å². The minimum atomic E-state index is -3.21. The standard InChI is InChI=1S/C12H14N4O4S/c17-11(18)7-9-8-21(19,20)6-5-15(9)12-10-1-2-14-16(10)4-3-13-12/h1-4,9H,5-8H2,(H,17,18). The molecular formula is C12H14N4O4S. The summed E-state index contributed by atoms with van der Waals surface area (Å²) in [7, 11) is -3.21. The smallest absolute Gasteiger partial charge is 0.305 e. The molecule has 9 heteroatoms. The Morgan fingerprint density at radius 3 is 3.00 bits per heavy atom. The van der Waals surface area contributed by atoms with Gasteiger partial charge in [-0.15, -0.1) is 0 Å². The summed E-state index contributed by atoms with van der Waals surface area (Å²) in [6.45, 7) is 0.234. The van der Waals surface area contributed by atoms with Gasteiger partial charge in [-0.05, 0) is 6.07 Å². The zero-order chi connectivity index (χ0) is 15.0. The van der Waals surface area contributed by atoms with Crippen molar-refractivity contribution in [3.8, 4) is 0 Å². The van der Waals surface area contributed by atoms with Crippen molar-refractivity contribution in [1.29, 1.82) is 0 Å². The number of nitrogens with zero attached hydrogens (tertiary/aromatic N) is 4. The first-order chi connectivity index (χ1) is 9.96. The van der Waals surface area contributed by atoms with Crippen LogP contribution in [0.25, 0.3) is 5.52 Å². The molecule has 2 aromatic heterocycles. The van der Waals surface area contributed by atoms with Gasteiger partial charge in [0.1, 0.15) is 5.52 Å². The van der Waals surface area contributed by atoms with Gasteiger partial charge in [-0.3, -0.25) is 4.79 Å². The van der Waals surface area contributed by atoms with Crippen molar-refractivity contribution in [2.24, 2.45) is 0 Å². The topological polar surface area (TPSA) is 105 Å². The molecule has 1 aliphatic rings. The van der Waals surface area contributed by atoms with Crippen molar-refractivity contribution in [2.75, 3.05) is 23.0 Å². The first-order valence-electron chi connectivity index (χ1n) is 6.43. The zero-order valence-electron chi connectivity index (χ0n) is 11.1. The van der Waals surface area contributed by atoms with E-state index in [4.69, 9.17) is 5.11 Å². The number of sulfone groups is 1. The Balaban J connectivity index is 2.02. The highest BCUT2D eigenvalue weighted by molar-refractivity contribution is 7.91. The van der Waals surface area contributed by atoms with Gasteiger partial charge in [-0.1, -0.05) is 0 Å². The third-order valence-corrected chi connectivity index (χ3v) is 5.21. The minimum Gasteiger partial charge on any atom is -0.481 e. The lowest BCUT2D eigenvalue weighted by Crippen LogP contribution is -2.50. The molecule has 0 radical (unpaired) electrons. The Hall–Kier alpha value is -2.16. The first-order valence-corrected chi connectivity index (χ1v) is 8.26. The molecule has 21 heavy (non-hydrogen) atoms. The molecule has 1 saturated heterocycles. The van der Waals surface area contributed by atoms with Crippen LogP contribution >= 0.6 is 0 Å². The molecule has 0 saturated carbocycles. The number of hydrogen-bond acceptors (Lipinski definition) is 6. The Morgan fingerprint density at radius 2 is 2.24 bits per heavy atom. The van der Waals surface area contributed by atoms with Crippen molar-refractivity contribution in [3.05, 3.63) is 24.7 Å². The Labute approximate surface area is 120 Å². The monoisotopic (exact) mass is 310 g/mol. The van der Waals surface area contributed by atoms with Crippen LogP contribution in [0.1, 0.15) is 6.42 Å². The summed E-state index contributed by atoms with van der Waals surface area (Å²) >= 11 is 0. The molecule has 1 N–H and O–H groups in total. The summed E-state index contributed by atoms with van der Waals surface area (Å²) < 4.78 is 25.2. The molecule has 0 bridgehead atoms. The fraction of sp³-hybridized carbons (Fsp3) is 0.417. The van der Waals surface area contributed by atoms with Crippen LogP contribution in [0.2, 0.25) is 0 Å². The third kappa shape index (κ3) is 2.68. The molecule has 3 heterocycles. The van der Waals surface area contributed by atoms with E-state index < -0.39 is 21.8 Å². The summed E-state index contributed by atoms with van der Waals surface area (Å²) in [5.41, 5.74) is 0.729. The molecule has 0 aromatic carbocycles. The van der Waals surface area contributed by atoms with E-state index >= 15 is 0 Å². The number of fused-ring (bicyclic) bond motifs is 1. The predicted octanol–water partition coefficient (Wildman–Crippen LogP) is -0.193. The Morgan fingerprint density at radius 1 is 1.43 bits per heavy atom. The predicted molar refractivity (Wildman–Crippen MR) is 75.0 cm³/mol. The summed E-state index contributed by atoms with van der Waals surface area (Å²) in [6.07, 6.45) is 4.63. The van der Waals surface area contributed by atoms with E-state index in [-0.39, 0.29) is 24.5 Å². The molecule has 8 nitrogen and oxygen atoms in total. The first kappa shape index (κ1) is 13.8. The molecule has 0 amide bonds.